The molecule has 0 bridgehead atoms. The van der Waals surface area contributed by atoms with Crippen LogP contribution in [0.5, 0.6) is 0 Å². The Bertz CT molecular complexity index is 907. The Kier molecular flexibility index (Phi) is 8.92. The summed E-state index contributed by atoms with van der Waals surface area (Å²) < 4.78 is 5.25. The number of aryl methyl sites for hydroxylation is 1. The van der Waals surface area contributed by atoms with Gasteiger partial charge in [-0.25, -0.2) is 4.79 Å². The second-order valence-electron chi connectivity index (χ2n) is 9.74. The van der Waals surface area contributed by atoms with Crippen molar-refractivity contribution < 1.29 is 19.1 Å². The minimum atomic E-state index is -1.01. The lowest BCUT2D eigenvalue weighted by molar-refractivity contribution is -0.138. The first-order valence-corrected chi connectivity index (χ1v) is 11.6. The topological polar surface area (TPSA) is 87.7 Å². The van der Waals surface area contributed by atoms with E-state index < -0.39 is 29.7 Å². The van der Waals surface area contributed by atoms with Crippen LogP contribution in [0.3, 0.4) is 0 Å². The maximum Gasteiger partial charge on any atom is 0.408 e. The van der Waals surface area contributed by atoms with Crippen molar-refractivity contribution in [2.24, 2.45) is 0 Å². The number of alkyl carbamates (subject to hydrolysis) is 1. The summed E-state index contributed by atoms with van der Waals surface area (Å²) in [6.45, 7) is 10.6. The van der Waals surface area contributed by atoms with Crippen LogP contribution in [0.15, 0.2) is 18.2 Å². The van der Waals surface area contributed by atoms with Crippen LogP contribution in [0, 0.1) is 26.3 Å². The number of amides is 3. The summed E-state index contributed by atoms with van der Waals surface area (Å²) in [5.74, 6) is -0.876. The minimum absolute atomic E-state index is 0.0610. The summed E-state index contributed by atoms with van der Waals surface area (Å²) in [6.07, 6.45) is 10.2. The van der Waals surface area contributed by atoms with Gasteiger partial charge >= 0.3 is 6.09 Å². The molecule has 1 aliphatic rings. The molecule has 33 heavy (non-hydrogen) atoms. The second-order valence-corrected chi connectivity index (χ2v) is 9.74. The molecule has 3 amide bonds. The molecule has 2 rings (SSSR count). The summed E-state index contributed by atoms with van der Waals surface area (Å²) in [5, 5.41) is 5.63. The van der Waals surface area contributed by atoms with Crippen LogP contribution in [0.1, 0.15) is 82.5 Å². The van der Waals surface area contributed by atoms with Gasteiger partial charge in [-0.2, -0.15) is 0 Å². The average molecular weight is 456 g/mol. The summed E-state index contributed by atoms with van der Waals surface area (Å²) in [4.78, 5) is 40.1. The number of terminal acetylenes is 1. The van der Waals surface area contributed by atoms with Crippen molar-refractivity contribution in [2.45, 2.75) is 97.4 Å². The zero-order valence-electron chi connectivity index (χ0n) is 20.7. The van der Waals surface area contributed by atoms with Crippen LogP contribution < -0.4 is 10.6 Å². The Hall–Kier alpha value is -3.01. The van der Waals surface area contributed by atoms with Crippen LogP contribution in [0.4, 0.5) is 4.79 Å². The number of benzene rings is 1. The van der Waals surface area contributed by atoms with Crippen LogP contribution >= 0.6 is 0 Å². The maximum atomic E-state index is 13.5. The van der Waals surface area contributed by atoms with Gasteiger partial charge in [-0.05, 0) is 71.1 Å². The van der Waals surface area contributed by atoms with E-state index in [1.54, 1.807) is 20.8 Å². The van der Waals surface area contributed by atoms with Crippen molar-refractivity contribution in [3.05, 3.63) is 34.9 Å². The van der Waals surface area contributed by atoms with Gasteiger partial charge in [0.05, 0.1) is 0 Å². The number of ether oxygens (including phenoxy) is 1. The quantitative estimate of drug-likeness (QED) is 0.499. The third-order valence-corrected chi connectivity index (χ3v) is 5.88. The van der Waals surface area contributed by atoms with E-state index >= 15 is 0 Å². The van der Waals surface area contributed by atoms with Gasteiger partial charge in [-0.1, -0.05) is 43.9 Å². The molecule has 1 aromatic rings. The zero-order chi connectivity index (χ0) is 24.8. The Morgan fingerprint density at radius 3 is 2.36 bits per heavy atom. The van der Waals surface area contributed by atoms with Crippen molar-refractivity contribution in [3.63, 3.8) is 0 Å². The summed E-state index contributed by atoms with van der Waals surface area (Å²) in [6, 6.07) is 6.08. The van der Waals surface area contributed by atoms with Crippen LogP contribution in [0.25, 0.3) is 0 Å². The smallest absolute Gasteiger partial charge is 0.408 e. The van der Waals surface area contributed by atoms with Gasteiger partial charge in [-0.3, -0.25) is 14.5 Å². The molecular weight excluding hydrogens is 418 g/mol. The molecule has 1 aromatic carbocycles. The van der Waals surface area contributed by atoms with Crippen molar-refractivity contribution >= 4 is 17.9 Å². The molecule has 7 nitrogen and oxygen atoms in total. The predicted octanol–water partition coefficient (Wildman–Crippen LogP) is 4.13. The van der Waals surface area contributed by atoms with Crippen molar-refractivity contribution in [2.75, 3.05) is 0 Å². The number of carbonyl (C=O) groups excluding carboxylic acids is 3. The Morgan fingerprint density at radius 1 is 1.15 bits per heavy atom. The zero-order valence-corrected chi connectivity index (χ0v) is 20.7. The summed E-state index contributed by atoms with van der Waals surface area (Å²) in [7, 11) is 0. The monoisotopic (exact) mass is 455 g/mol. The number of rotatable bonds is 6. The summed E-state index contributed by atoms with van der Waals surface area (Å²) >= 11 is 0. The van der Waals surface area contributed by atoms with E-state index in [9.17, 15) is 14.4 Å². The first kappa shape index (κ1) is 26.2. The molecular formula is C26H37N3O4. The molecule has 0 saturated heterocycles. The highest BCUT2D eigenvalue weighted by atomic mass is 16.6. The number of hydrogen-bond acceptors (Lipinski definition) is 4. The Labute approximate surface area is 197 Å². The lowest BCUT2D eigenvalue weighted by Gasteiger charge is -2.32. The molecule has 180 valence electrons. The van der Waals surface area contributed by atoms with E-state index in [4.69, 9.17) is 11.2 Å². The van der Waals surface area contributed by atoms with Gasteiger partial charge in [0.1, 0.15) is 17.7 Å². The van der Waals surface area contributed by atoms with E-state index in [0.29, 0.717) is 5.56 Å². The Balaban J connectivity index is 2.33. The molecule has 0 aliphatic heterocycles. The van der Waals surface area contributed by atoms with Crippen LogP contribution in [0.2, 0.25) is 0 Å². The third-order valence-electron chi connectivity index (χ3n) is 5.88. The lowest BCUT2D eigenvalue weighted by Crippen LogP contribution is -2.51. The summed E-state index contributed by atoms with van der Waals surface area (Å²) in [5.41, 5.74) is 1.84. The third kappa shape index (κ3) is 7.24. The SMILES string of the molecule is C#CN(C(=O)C(C)NC(=O)OC(C)(C)C)C(C(=O)NC1CCCCC1)c1cccc(C)c1C. The lowest BCUT2D eigenvalue weighted by atomic mass is 9.93. The molecule has 2 atom stereocenters. The highest BCUT2D eigenvalue weighted by Crippen LogP contribution is 2.28. The van der Waals surface area contributed by atoms with Gasteiger partial charge in [0, 0.05) is 12.1 Å². The van der Waals surface area contributed by atoms with Gasteiger partial charge in [-0.15, -0.1) is 0 Å². The molecule has 2 N–H and O–H groups in total. The first-order chi connectivity index (χ1) is 15.4. The fraction of sp³-hybridized carbons (Fsp3) is 0.577. The highest BCUT2D eigenvalue weighted by Gasteiger charge is 2.36. The molecule has 2 unspecified atom stereocenters. The maximum absolute atomic E-state index is 13.5. The van der Waals surface area contributed by atoms with E-state index in [1.165, 1.54) is 6.92 Å². The normalized spacial score (nSPS) is 16.2. The molecule has 0 aromatic heterocycles. The van der Waals surface area contributed by atoms with Gasteiger partial charge < -0.3 is 15.4 Å². The fourth-order valence-electron chi connectivity index (χ4n) is 4.01. The average Bonchev–Trinajstić information content (AvgIpc) is 2.73. The number of carbonyl (C=O) groups is 3. The molecule has 1 saturated carbocycles. The highest BCUT2D eigenvalue weighted by molar-refractivity contribution is 5.93. The van der Waals surface area contributed by atoms with Crippen molar-refractivity contribution in [1.82, 2.24) is 15.5 Å². The van der Waals surface area contributed by atoms with Crippen molar-refractivity contribution in [3.8, 4) is 12.5 Å². The molecule has 1 fully saturated rings. The van der Waals surface area contributed by atoms with E-state index in [2.05, 4.69) is 16.7 Å². The minimum Gasteiger partial charge on any atom is -0.444 e. The van der Waals surface area contributed by atoms with Crippen LogP contribution in [-0.2, 0) is 14.3 Å². The second kappa shape index (κ2) is 11.2. The van der Waals surface area contributed by atoms with E-state index in [-0.39, 0.29) is 11.9 Å². The Morgan fingerprint density at radius 2 is 1.79 bits per heavy atom. The number of nitrogens with one attached hydrogen (secondary N) is 2. The van der Waals surface area contributed by atoms with E-state index in [1.807, 2.05) is 32.0 Å². The molecule has 1 aliphatic carbocycles. The number of hydrogen-bond donors (Lipinski definition) is 2. The van der Waals surface area contributed by atoms with E-state index in [0.717, 1.165) is 48.1 Å². The number of nitrogens with zero attached hydrogens (tertiary/aromatic N) is 1. The standard InChI is InChI=1S/C26H37N3O4/c1-8-29(24(31)19(4)27-25(32)33-26(5,6)7)22(21-16-12-13-17(2)18(21)3)23(30)28-20-14-10-9-11-15-20/h1,12-13,16,19-20,22H,9-11,14-15H2,2-7H3,(H,27,32)(H,28,30). The fourth-order valence-corrected chi connectivity index (χ4v) is 4.01. The molecule has 7 heteroatoms. The van der Waals surface area contributed by atoms with Gasteiger partial charge in [0.2, 0.25) is 5.91 Å². The largest absolute Gasteiger partial charge is 0.444 e. The van der Waals surface area contributed by atoms with Gasteiger partial charge in [0.25, 0.3) is 5.91 Å². The molecule has 0 spiro atoms. The van der Waals surface area contributed by atoms with Gasteiger partial charge in [0.15, 0.2) is 0 Å². The van der Waals surface area contributed by atoms with Crippen molar-refractivity contribution in [1.29, 1.82) is 0 Å². The predicted molar refractivity (Wildman–Crippen MR) is 128 cm³/mol. The molecule has 0 radical (unpaired) electrons. The molecule has 0 heterocycles. The van der Waals surface area contributed by atoms with Crippen LogP contribution in [-0.4, -0.2) is 40.5 Å². The first-order valence-electron chi connectivity index (χ1n) is 11.6.